The Labute approximate surface area is 189 Å². The molecule has 0 spiro atoms. The van der Waals surface area contributed by atoms with Gasteiger partial charge in [-0.2, -0.15) is 0 Å². The summed E-state index contributed by atoms with van der Waals surface area (Å²) < 4.78 is 0. The Bertz CT molecular complexity index is 786. The van der Waals surface area contributed by atoms with Crippen LogP contribution in [0.15, 0.2) is 24.3 Å². The Balaban J connectivity index is 1.56. The molecule has 8 heteroatoms. The van der Waals surface area contributed by atoms with E-state index in [1.165, 1.54) is 0 Å². The number of amides is 2. The minimum absolute atomic E-state index is 0.0315. The number of halogens is 1. The highest BCUT2D eigenvalue weighted by molar-refractivity contribution is 7.80. The molecule has 1 aliphatic heterocycles. The molecular formula is C22H31ClN4O2S. The number of benzene rings is 1. The second kappa shape index (κ2) is 10.6. The highest BCUT2D eigenvalue weighted by Crippen LogP contribution is 2.34. The van der Waals surface area contributed by atoms with E-state index in [1.807, 2.05) is 24.3 Å². The van der Waals surface area contributed by atoms with Crippen molar-refractivity contribution in [1.29, 1.82) is 0 Å². The number of carbonyl (C=O) groups excluding carboxylic acids is 2. The van der Waals surface area contributed by atoms with Gasteiger partial charge < -0.3 is 15.5 Å². The largest absolute Gasteiger partial charge is 0.359 e. The first-order valence-corrected chi connectivity index (χ1v) is 11.6. The first kappa shape index (κ1) is 23.0. The van der Waals surface area contributed by atoms with Gasteiger partial charge in [0.1, 0.15) is 0 Å². The molecule has 6 nitrogen and oxygen atoms in total. The van der Waals surface area contributed by atoms with Crippen molar-refractivity contribution in [1.82, 2.24) is 20.4 Å². The SMILES string of the molecule is CCN(CC)CCNC(=O)C1CCC2C(=O)N(Cc3ccccc3Cl)C(=S)NC2C1. The van der Waals surface area contributed by atoms with E-state index in [9.17, 15) is 9.59 Å². The van der Waals surface area contributed by atoms with Crippen LogP contribution in [0.25, 0.3) is 0 Å². The Morgan fingerprint density at radius 3 is 2.73 bits per heavy atom. The van der Waals surface area contributed by atoms with Gasteiger partial charge in [0.25, 0.3) is 0 Å². The third-order valence-corrected chi connectivity index (χ3v) is 6.97. The van der Waals surface area contributed by atoms with E-state index in [1.54, 1.807) is 4.90 Å². The summed E-state index contributed by atoms with van der Waals surface area (Å²) in [6.07, 6.45) is 2.04. The van der Waals surface area contributed by atoms with E-state index in [2.05, 4.69) is 29.4 Å². The first-order valence-electron chi connectivity index (χ1n) is 10.8. The molecule has 0 aromatic heterocycles. The summed E-state index contributed by atoms with van der Waals surface area (Å²) in [4.78, 5) is 29.7. The molecule has 0 bridgehead atoms. The minimum atomic E-state index is -0.154. The monoisotopic (exact) mass is 450 g/mol. The molecule has 1 saturated heterocycles. The van der Waals surface area contributed by atoms with Crippen LogP contribution in [-0.2, 0) is 16.1 Å². The lowest BCUT2D eigenvalue weighted by Gasteiger charge is -2.43. The molecule has 1 saturated carbocycles. The molecule has 2 amide bonds. The van der Waals surface area contributed by atoms with Gasteiger partial charge in [0.05, 0.1) is 12.5 Å². The average molecular weight is 451 g/mol. The van der Waals surface area contributed by atoms with Gasteiger partial charge >= 0.3 is 0 Å². The molecule has 1 aliphatic carbocycles. The predicted molar refractivity (Wildman–Crippen MR) is 123 cm³/mol. The summed E-state index contributed by atoms with van der Waals surface area (Å²) in [7, 11) is 0. The zero-order valence-corrected chi connectivity index (χ0v) is 19.3. The molecule has 3 unspecified atom stereocenters. The number of hydrogen-bond acceptors (Lipinski definition) is 4. The van der Waals surface area contributed by atoms with Crippen LogP contribution in [0.5, 0.6) is 0 Å². The number of likely N-dealkylation sites (N-methyl/N-ethyl adjacent to an activating group) is 1. The lowest BCUT2D eigenvalue weighted by molar-refractivity contribution is -0.138. The molecule has 0 radical (unpaired) electrons. The molecular weight excluding hydrogens is 420 g/mol. The van der Waals surface area contributed by atoms with Crippen molar-refractivity contribution in [2.75, 3.05) is 26.2 Å². The zero-order chi connectivity index (χ0) is 21.7. The van der Waals surface area contributed by atoms with Crippen molar-refractivity contribution in [3.8, 4) is 0 Å². The van der Waals surface area contributed by atoms with Gasteiger partial charge in [-0.05, 0) is 56.2 Å². The number of rotatable bonds is 8. The van der Waals surface area contributed by atoms with Crippen molar-refractivity contribution in [3.63, 3.8) is 0 Å². The van der Waals surface area contributed by atoms with E-state index in [0.717, 1.165) is 31.6 Å². The summed E-state index contributed by atoms with van der Waals surface area (Å²) in [5.41, 5.74) is 0.872. The molecule has 2 N–H and O–H groups in total. The number of carbonyl (C=O) groups is 2. The van der Waals surface area contributed by atoms with Gasteiger partial charge in [-0.1, -0.05) is 43.6 Å². The molecule has 2 fully saturated rings. The molecule has 2 aliphatic rings. The normalized spacial score (nSPS) is 23.9. The molecule has 1 aromatic rings. The zero-order valence-electron chi connectivity index (χ0n) is 17.7. The Hall–Kier alpha value is -1.70. The highest BCUT2D eigenvalue weighted by Gasteiger charge is 2.44. The van der Waals surface area contributed by atoms with E-state index < -0.39 is 0 Å². The van der Waals surface area contributed by atoms with Crippen LogP contribution in [0, 0.1) is 11.8 Å². The summed E-state index contributed by atoms with van der Waals surface area (Å²) >= 11 is 11.8. The predicted octanol–water partition coefficient (Wildman–Crippen LogP) is 2.80. The van der Waals surface area contributed by atoms with Crippen LogP contribution in [-0.4, -0.2) is 58.9 Å². The minimum Gasteiger partial charge on any atom is -0.359 e. The molecule has 164 valence electrons. The van der Waals surface area contributed by atoms with Crippen molar-refractivity contribution in [3.05, 3.63) is 34.9 Å². The maximum atomic E-state index is 13.1. The van der Waals surface area contributed by atoms with Crippen LogP contribution in [0.4, 0.5) is 0 Å². The fourth-order valence-corrected chi connectivity index (χ4v) is 4.87. The Kier molecular flexibility index (Phi) is 8.08. The number of thiocarbonyl (C=S) groups is 1. The van der Waals surface area contributed by atoms with Gasteiger partial charge in [0.2, 0.25) is 11.8 Å². The van der Waals surface area contributed by atoms with E-state index in [0.29, 0.717) is 36.1 Å². The van der Waals surface area contributed by atoms with Crippen molar-refractivity contribution in [2.24, 2.45) is 11.8 Å². The topological polar surface area (TPSA) is 64.7 Å². The molecule has 3 atom stereocenters. The summed E-state index contributed by atoms with van der Waals surface area (Å²) in [6.45, 7) is 8.08. The second-order valence-corrected chi connectivity index (χ2v) is 8.80. The van der Waals surface area contributed by atoms with Gasteiger partial charge in [0, 0.05) is 30.1 Å². The van der Waals surface area contributed by atoms with E-state index in [-0.39, 0.29) is 29.7 Å². The number of hydrogen-bond donors (Lipinski definition) is 2. The summed E-state index contributed by atoms with van der Waals surface area (Å²) in [5, 5.41) is 7.43. The Morgan fingerprint density at radius 2 is 2.03 bits per heavy atom. The number of fused-ring (bicyclic) bond motifs is 1. The molecule has 30 heavy (non-hydrogen) atoms. The second-order valence-electron chi connectivity index (χ2n) is 8.01. The standard InChI is InChI=1S/C22H31ClN4O2S/c1-3-26(4-2)12-11-24-20(28)15-9-10-17-19(13-15)25-22(30)27(21(17)29)14-16-7-5-6-8-18(16)23/h5-8,15,17,19H,3-4,9-14H2,1-2H3,(H,24,28)(H,25,30). The van der Waals surface area contributed by atoms with Crippen LogP contribution in [0.3, 0.4) is 0 Å². The van der Waals surface area contributed by atoms with E-state index >= 15 is 0 Å². The number of nitrogens with zero attached hydrogens (tertiary/aromatic N) is 2. The van der Waals surface area contributed by atoms with Crippen molar-refractivity contribution >= 4 is 40.7 Å². The first-order chi connectivity index (χ1) is 14.4. The fourth-order valence-electron chi connectivity index (χ4n) is 4.37. The van der Waals surface area contributed by atoms with E-state index in [4.69, 9.17) is 23.8 Å². The average Bonchev–Trinajstić information content (AvgIpc) is 2.75. The van der Waals surface area contributed by atoms with Gasteiger partial charge in [0.15, 0.2) is 5.11 Å². The quantitative estimate of drug-likeness (QED) is 0.596. The third-order valence-electron chi connectivity index (χ3n) is 6.27. The van der Waals surface area contributed by atoms with Crippen LogP contribution in [0.2, 0.25) is 5.02 Å². The summed E-state index contributed by atoms with van der Waals surface area (Å²) in [5.74, 6) is -0.122. The number of nitrogens with one attached hydrogen (secondary N) is 2. The van der Waals surface area contributed by atoms with Crippen LogP contribution >= 0.6 is 23.8 Å². The molecule has 1 aromatic carbocycles. The lowest BCUT2D eigenvalue weighted by atomic mass is 9.76. The van der Waals surface area contributed by atoms with Gasteiger partial charge in [-0.15, -0.1) is 0 Å². The maximum Gasteiger partial charge on any atom is 0.234 e. The summed E-state index contributed by atoms with van der Waals surface area (Å²) in [6, 6.07) is 7.40. The lowest BCUT2D eigenvalue weighted by Crippen LogP contribution is -2.61. The van der Waals surface area contributed by atoms with Crippen molar-refractivity contribution in [2.45, 2.75) is 45.7 Å². The molecule has 1 heterocycles. The van der Waals surface area contributed by atoms with Crippen LogP contribution in [0.1, 0.15) is 38.7 Å². The Morgan fingerprint density at radius 1 is 1.30 bits per heavy atom. The van der Waals surface area contributed by atoms with Crippen LogP contribution < -0.4 is 10.6 Å². The smallest absolute Gasteiger partial charge is 0.234 e. The fraction of sp³-hybridized carbons (Fsp3) is 0.591. The molecule has 3 rings (SSSR count). The maximum absolute atomic E-state index is 13.1. The van der Waals surface area contributed by atoms with Gasteiger partial charge in [-0.25, -0.2) is 0 Å². The highest BCUT2D eigenvalue weighted by atomic mass is 35.5. The van der Waals surface area contributed by atoms with Gasteiger partial charge in [-0.3, -0.25) is 14.5 Å². The van der Waals surface area contributed by atoms with Crippen molar-refractivity contribution < 1.29 is 9.59 Å². The third kappa shape index (κ3) is 5.31.